The Morgan fingerprint density at radius 3 is 2.20 bits per heavy atom. The smallest absolute Gasteiger partial charge is 0.326 e. The third kappa shape index (κ3) is 8.04. The lowest BCUT2D eigenvalue weighted by atomic mass is 10.1. The first-order valence-electron chi connectivity index (χ1n) is 12.3. The Morgan fingerprint density at radius 1 is 0.976 bits per heavy atom. The number of carboxylic acids is 3. The number of benzene rings is 1. The van der Waals surface area contributed by atoms with Gasteiger partial charge >= 0.3 is 17.9 Å². The first-order chi connectivity index (χ1) is 19.3. The molecule has 0 aliphatic carbocycles. The molecule has 2 amide bonds. The molecule has 0 saturated carbocycles. The van der Waals surface area contributed by atoms with Crippen LogP contribution < -0.4 is 27.2 Å². The van der Waals surface area contributed by atoms with Crippen molar-refractivity contribution in [1.82, 2.24) is 25.2 Å². The van der Waals surface area contributed by atoms with Crippen molar-refractivity contribution >= 4 is 52.4 Å². The van der Waals surface area contributed by atoms with Gasteiger partial charge in [0.15, 0.2) is 0 Å². The quantitative estimate of drug-likeness (QED) is 0.126. The predicted octanol–water partition coefficient (Wildman–Crippen LogP) is -0.147. The van der Waals surface area contributed by atoms with Gasteiger partial charge in [0.25, 0.3) is 11.5 Å². The highest BCUT2D eigenvalue weighted by Gasteiger charge is 2.25. The van der Waals surface area contributed by atoms with E-state index in [1.807, 2.05) is 0 Å². The van der Waals surface area contributed by atoms with Gasteiger partial charge in [-0.2, -0.15) is 4.98 Å². The van der Waals surface area contributed by atoms with E-state index in [-0.39, 0.29) is 36.5 Å². The summed E-state index contributed by atoms with van der Waals surface area (Å²) in [6.45, 7) is 0.264. The van der Waals surface area contributed by atoms with Crippen molar-refractivity contribution in [2.45, 2.75) is 44.3 Å². The highest BCUT2D eigenvalue weighted by atomic mass is 16.4. The van der Waals surface area contributed by atoms with Crippen molar-refractivity contribution in [3.8, 4) is 0 Å². The zero-order valence-corrected chi connectivity index (χ0v) is 21.8. The van der Waals surface area contributed by atoms with E-state index in [1.165, 1.54) is 12.1 Å². The fourth-order valence-corrected chi connectivity index (χ4v) is 4.02. The summed E-state index contributed by atoms with van der Waals surface area (Å²) in [5, 5.41) is 35.3. The number of nitrogens with two attached hydrogens (primary N) is 1. The number of fused-ring (bicyclic) bond motifs is 1. The summed E-state index contributed by atoms with van der Waals surface area (Å²) in [5.41, 5.74) is 7.10. The number of nitrogens with one attached hydrogen (secondary N) is 4. The molecular formula is C25H29N7O9. The predicted molar refractivity (Wildman–Crippen MR) is 144 cm³/mol. The Bertz CT molecular complexity index is 1530. The van der Waals surface area contributed by atoms with E-state index in [1.54, 1.807) is 29.9 Å². The number of H-pyrrole nitrogens is 1. The SMILES string of the molecule is Cn1cc(CNc2ccc(C(=O)N[C@@H](CCC(=O)N[C@@H](CCC(=O)O)C(=O)O)C(=O)O)cc2)c2c(=O)[nH]c(N)nc21. The zero-order valence-electron chi connectivity index (χ0n) is 21.8. The van der Waals surface area contributed by atoms with E-state index in [9.17, 15) is 33.9 Å². The number of hydrogen-bond donors (Lipinski definition) is 8. The lowest BCUT2D eigenvalue weighted by Crippen LogP contribution is -2.44. The monoisotopic (exact) mass is 571 g/mol. The molecule has 2 atom stereocenters. The van der Waals surface area contributed by atoms with E-state index < -0.39 is 54.6 Å². The maximum absolute atomic E-state index is 12.6. The van der Waals surface area contributed by atoms with Crippen LogP contribution in [0.3, 0.4) is 0 Å². The molecule has 9 N–H and O–H groups in total. The Hall–Kier alpha value is -5.41. The van der Waals surface area contributed by atoms with Crippen LogP contribution in [-0.4, -0.2) is 71.7 Å². The van der Waals surface area contributed by atoms with Crippen LogP contribution in [0.5, 0.6) is 0 Å². The number of nitrogen functional groups attached to an aromatic ring is 1. The van der Waals surface area contributed by atoms with E-state index in [4.69, 9.17) is 15.9 Å². The van der Waals surface area contributed by atoms with E-state index >= 15 is 0 Å². The summed E-state index contributed by atoms with van der Waals surface area (Å²) < 4.78 is 1.68. The molecule has 0 unspecified atom stereocenters. The number of aliphatic carboxylic acids is 3. The van der Waals surface area contributed by atoms with E-state index in [0.29, 0.717) is 22.3 Å². The molecule has 0 saturated heterocycles. The maximum atomic E-state index is 12.6. The van der Waals surface area contributed by atoms with Gasteiger partial charge in [0.2, 0.25) is 11.9 Å². The number of carbonyl (C=O) groups is 5. The van der Waals surface area contributed by atoms with Crippen LogP contribution in [0.15, 0.2) is 35.3 Å². The molecule has 0 aliphatic rings. The molecule has 41 heavy (non-hydrogen) atoms. The lowest BCUT2D eigenvalue weighted by molar-refractivity contribution is -0.143. The Labute approximate surface area is 231 Å². The highest BCUT2D eigenvalue weighted by molar-refractivity contribution is 5.97. The van der Waals surface area contributed by atoms with Crippen LogP contribution in [0.4, 0.5) is 11.6 Å². The van der Waals surface area contributed by atoms with Crippen LogP contribution in [-0.2, 0) is 32.8 Å². The molecule has 16 heteroatoms. The first-order valence-corrected chi connectivity index (χ1v) is 12.3. The summed E-state index contributed by atoms with van der Waals surface area (Å²) in [4.78, 5) is 77.2. The number of carboxylic acid groups (broad SMARTS) is 3. The van der Waals surface area contributed by atoms with Crippen LogP contribution >= 0.6 is 0 Å². The fourth-order valence-electron chi connectivity index (χ4n) is 4.02. The van der Waals surface area contributed by atoms with Gasteiger partial charge in [0, 0.05) is 49.4 Å². The van der Waals surface area contributed by atoms with Crippen LogP contribution in [0.2, 0.25) is 0 Å². The number of anilines is 2. The number of nitrogens with zero attached hydrogens (tertiary/aromatic N) is 2. The highest BCUT2D eigenvalue weighted by Crippen LogP contribution is 2.18. The second-order valence-corrected chi connectivity index (χ2v) is 9.14. The minimum Gasteiger partial charge on any atom is -0.481 e. The average Bonchev–Trinajstić information content (AvgIpc) is 3.22. The number of aryl methyl sites for hydroxylation is 1. The normalized spacial score (nSPS) is 12.3. The first kappa shape index (κ1) is 30.1. The van der Waals surface area contributed by atoms with Crippen molar-refractivity contribution in [2.24, 2.45) is 7.05 Å². The van der Waals surface area contributed by atoms with Crippen molar-refractivity contribution in [1.29, 1.82) is 0 Å². The standard InChI is InChI=1S/C25H29N7O9/c1-32-11-13(19-20(32)30-25(26)31-22(19)37)10-27-14-4-2-12(3-5-14)21(36)29-16(24(40)41)6-8-17(33)28-15(23(38)39)7-9-18(34)35/h2-5,11,15-16,27H,6-10H2,1H3,(H,28,33)(H,29,36)(H,34,35)(H,38,39)(H,40,41)(H3,26,30,31,37)/t15-,16-/m0/s1. The Morgan fingerprint density at radius 2 is 1.59 bits per heavy atom. The van der Waals surface area contributed by atoms with Gasteiger partial charge in [0.05, 0.1) is 5.39 Å². The second kappa shape index (κ2) is 13.1. The van der Waals surface area contributed by atoms with Gasteiger partial charge < -0.3 is 41.6 Å². The number of aromatic nitrogens is 3. The minimum absolute atomic E-state index is 0.00489. The summed E-state index contributed by atoms with van der Waals surface area (Å²) in [5.74, 6) is -5.55. The maximum Gasteiger partial charge on any atom is 0.326 e. The van der Waals surface area contributed by atoms with Gasteiger partial charge in [-0.3, -0.25) is 24.2 Å². The summed E-state index contributed by atoms with van der Waals surface area (Å²) >= 11 is 0. The molecule has 0 bridgehead atoms. The lowest BCUT2D eigenvalue weighted by Gasteiger charge is -2.16. The molecule has 3 rings (SSSR count). The summed E-state index contributed by atoms with van der Waals surface area (Å²) in [6, 6.07) is 3.21. The average molecular weight is 572 g/mol. The van der Waals surface area contributed by atoms with E-state index in [2.05, 4.69) is 25.9 Å². The van der Waals surface area contributed by atoms with Crippen LogP contribution in [0.25, 0.3) is 11.0 Å². The molecular weight excluding hydrogens is 542 g/mol. The molecule has 0 radical (unpaired) electrons. The van der Waals surface area contributed by atoms with Gasteiger partial charge in [-0.15, -0.1) is 0 Å². The number of hydrogen-bond acceptors (Lipinski definition) is 9. The van der Waals surface area contributed by atoms with Gasteiger partial charge in [-0.1, -0.05) is 0 Å². The molecule has 0 aliphatic heterocycles. The third-order valence-electron chi connectivity index (χ3n) is 6.10. The number of aromatic amines is 1. The van der Waals surface area contributed by atoms with Crippen LogP contribution in [0, 0.1) is 0 Å². The van der Waals surface area contributed by atoms with Gasteiger partial charge in [0.1, 0.15) is 17.7 Å². The third-order valence-corrected chi connectivity index (χ3v) is 6.10. The van der Waals surface area contributed by atoms with Crippen molar-refractivity contribution in [2.75, 3.05) is 11.1 Å². The molecule has 0 fully saturated rings. The molecule has 3 aromatic rings. The molecule has 0 spiro atoms. The Balaban J connectivity index is 1.56. The molecule has 2 heterocycles. The van der Waals surface area contributed by atoms with Crippen molar-refractivity contribution < 1.29 is 39.3 Å². The summed E-state index contributed by atoms with van der Waals surface area (Å²) in [7, 11) is 1.73. The Kier molecular flexibility index (Phi) is 9.63. The number of amides is 2. The summed E-state index contributed by atoms with van der Waals surface area (Å²) in [6.07, 6.45) is 0.173. The molecule has 218 valence electrons. The van der Waals surface area contributed by atoms with Crippen molar-refractivity contribution in [3.05, 3.63) is 51.9 Å². The zero-order chi connectivity index (χ0) is 30.3. The second-order valence-electron chi connectivity index (χ2n) is 9.14. The van der Waals surface area contributed by atoms with Crippen molar-refractivity contribution in [3.63, 3.8) is 0 Å². The fraction of sp³-hybridized carbons (Fsp3) is 0.320. The van der Waals surface area contributed by atoms with E-state index in [0.717, 1.165) is 0 Å². The molecule has 2 aromatic heterocycles. The molecule has 16 nitrogen and oxygen atoms in total. The number of rotatable bonds is 14. The molecule has 1 aromatic carbocycles. The topological polar surface area (TPSA) is 259 Å². The number of carbonyl (C=O) groups excluding carboxylic acids is 2. The van der Waals surface area contributed by atoms with Gasteiger partial charge in [-0.25, -0.2) is 9.59 Å². The van der Waals surface area contributed by atoms with Gasteiger partial charge in [-0.05, 0) is 37.1 Å². The largest absolute Gasteiger partial charge is 0.481 e. The van der Waals surface area contributed by atoms with Crippen LogP contribution in [0.1, 0.15) is 41.6 Å². The minimum atomic E-state index is -1.44.